The highest BCUT2D eigenvalue weighted by Gasteiger charge is 2.37. The average Bonchev–Trinajstić information content (AvgIpc) is 3.32. The Bertz CT molecular complexity index is 1470. The summed E-state index contributed by atoms with van der Waals surface area (Å²) in [5.74, 6) is -2.84. The number of nitrogens with zero attached hydrogens (tertiary/aromatic N) is 1. The van der Waals surface area contributed by atoms with Gasteiger partial charge in [-0.1, -0.05) is 44.2 Å². The molecule has 4 rings (SSSR count). The van der Waals surface area contributed by atoms with Crippen molar-refractivity contribution in [2.24, 2.45) is 23.2 Å². The highest BCUT2D eigenvalue weighted by molar-refractivity contribution is 7.22. The van der Waals surface area contributed by atoms with Crippen LogP contribution in [0.5, 0.6) is 0 Å². The lowest BCUT2D eigenvalue weighted by Gasteiger charge is -2.39. The second kappa shape index (κ2) is 13.0. The Morgan fingerprint density at radius 3 is 2.28 bits per heavy atom. The van der Waals surface area contributed by atoms with Crippen LogP contribution in [0.25, 0.3) is 10.2 Å². The molecule has 12 heteroatoms. The van der Waals surface area contributed by atoms with E-state index >= 15 is 0 Å². The number of halogens is 4. The highest BCUT2D eigenvalue weighted by atomic mass is 32.1. The molecule has 1 aliphatic carbocycles. The molecule has 0 radical (unpaired) electrons. The number of thiazole rings is 1. The number of carbonyl (C=O) groups excluding carboxylic acids is 2. The van der Waals surface area contributed by atoms with E-state index in [1.165, 1.54) is 0 Å². The number of rotatable bonds is 9. The number of fused-ring (bicyclic) bond motifs is 1. The highest BCUT2D eigenvalue weighted by Crippen LogP contribution is 2.43. The van der Waals surface area contributed by atoms with E-state index in [0.717, 1.165) is 37.3 Å². The van der Waals surface area contributed by atoms with E-state index in [9.17, 15) is 31.9 Å². The molecule has 1 fully saturated rings. The standard InChI is InChI=1S/C31H35F4N3O4S/c1-30(2,3)20-10-8-18(9-11-20)22(14-17-4-6-19(7-5-17)27(41)36-13-12-25(39)40)28(42)38-29-37-24-16-21(32)15-23(26(24)43-29)31(33,34)35/h4-7,15-16,18,20,22H,8-14H2,1-3H3,(H,36,41)(H,39,40)(H,37,38,42). The number of hydrogen-bond acceptors (Lipinski definition) is 5. The summed E-state index contributed by atoms with van der Waals surface area (Å²) < 4.78 is 54.3. The Morgan fingerprint density at radius 2 is 1.70 bits per heavy atom. The zero-order valence-corrected chi connectivity index (χ0v) is 25.0. The van der Waals surface area contributed by atoms with E-state index in [4.69, 9.17) is 5.11 Å². The van der Waals surface area contributed by atoms with Crippen LogP contribution in [0.15, 0.2) is 36.4 Å². The molecule has 1 atom stereocenters. The maximum atomic E-state index is 13.9. The summed E-state index contributed by atoms with van der Waals surface area (Å²) in [6, 6.07) is 8.04. The number of alkyl halides is 3. The van der Waals surface area contributed by atoms with E-state index in [-0.39, 0.29) is 45.6 Å². The van der Waals surface area contributed by atoms with Crippen molar-refractivity contribution >= 4 is 44.5 Å². The van der Waals surface area contributed by atoms with Crippen LogP contribution in [0.4, 0.5) is 22.7 Å². The summed E-state index contributed by atoms with van der Waals surface area (Å²) in [4.78, 5) is 40.9. The van der Waals surface area contributed by atoms with Crippen molar-refractivity contribution in [2.75, 3.05) is 11.9 Å². The van der Waals surface area contributed by atoms with E-state index < -0.39 is 35.4 Å². The first-order chi connectivity index (χ1) is 20.1. The van der Waals surface area contributed by atoms with Crippen LogP contribution < -0.4 is 10.6 Å². The first-order valence-electron chi connectivity index (χ1n) is 14.2. The van der Waals surface area contributed by atoms with Gasteiger partial charge in [-0.3, -0.25) is 14.4 Å². The molecule has 1 aromatic heterocycles. The molecule has 7 nitrogen and oxygen atoms in total. The van der Waals surface area contributed by atoms with Crippen molar-refractivity contribution in [1.82, 2.24) is 10.3 Å². The Morgan fingerprint density at radius 1 is 1.05 bits per heavy atom. The number of anilines is 1. The number of benzene rings is 2. The Labute approximate surface area is 251 Å². The summed E-state index contributed by atoms with van der Waals surface area (Å²) in [5.41, 5.74) is -0.0265. The first kappa shape index (κ1) is 32.4. The van der Waals surface area contributed by atoms with Crippen molar-refractivity contribution in [1.29, 1.82) is 0 Å². The molecule has 232 valence electrons. The number of carboxylic acids is 1. The molecule has 2 aromatic carbocycles. The van der Waals surface area contributed by atoms with Gasteiger partial charge in [0.05, 0.1) is 22.2 Å². The summed E-state index contributed by atoms with van der Waals surface area (Å²) in [7, 11) is 0. The van der Waals surface area contributed by atoms with Crippen molar-refractivity contribution in [3.05, 3.63) is 58.9 Å². The van der Waals surface area contributed by atoms with Gasteiger partial charge in [0.25, 0.3) is 5.91 Å². The molecule has 1 saturated carbocycles. The Balaban J connectivity index is 1.55. The van der Waals surface area contributed by atoms with E-state index in [1.807, 2.05) is 0 Å². The number of carbonyl (C=O) groups is 3. The van der Waals surface area contributed by atoms with E-state index in [2.05, 4.69) is 36.4 Å². The molecular weight excluding hydrogens is 586 g/mol. The van der Waals surface area contributed by atoms with Gasteiger partial charge in [-0.2, -0.15) is 13.2 Å². The van der Waals surface area contributed by atoms with Gasteiger partial charge in [0, 0.05) is 24.1 Å². The van der Waals surface area contributed by atoms with Gasteiger partial charge in [0.1, 0.15) is 5.82 Å². The van der Waals surface area contributed by atoms with Gasteiger partial charge in [-0.25, -0.2) is 9.37 Å². The lowest BCUT2D eigenvalue weighted by Crippen LogP contribution is -2.35. The van der Waals surface area contributed by atoms with Gasteiger partial charge in [-0.05, 0) is 73.1 Å². The zero-order chi connectivity index (χ0) is 31.5. The SMILES string of the molecule is CC(C)(C)C1CCC(C(Cc2ccc(C(=O)NCCC(=O)O)cc2)C(=O)Nc2nc3cc(F)cc(C(F)(F)F)c3s2)CC1. The number of aliphatic carboxylic acids is 1. The normalized spacial score (nSPS) is 18.3. The molecule has 3 N–H and O–H groups in total. The van der Waals surface area contributed by atoms with Crippen molar-refractivity contribution in [3.63, 3.8) is 0 Å². The van der Waals surface area contributed by atoms with Crippen molar-refractivity contribution < 1.29 is 37.1 Å². The number of aromatic nitrogens is 1. The van der Waals surface area contributed by atoms with Gasteiger partial charge >= 0.3 is 12.1 Å². The fourth-order valence-corrected chi connectivity index (χ4v) is 6.74. The molecule has 43 heavy (non-hydrogen) atoms. The average molecular weight is 622 g/mol. The molecule has 0 aliphatic heterocycles. The minimum Gasteiger partial charge on any atom is -0.481 e. The molecule has 1 unspecified atom stereocenters. The predicted molar refractivity (Wildman–Crippen MR) is 156 cm³/mol. The second-order valence-electron chi connectivity index (χ2n) is 12.2. The Hall–Kier alpha value is -3.54. The van der Waals surface area contributed by atoms with Crippen LogP contribution in [0.2, 0.25) is 0 Å². The van der Waals surface area contributed by atoms with Crippen LogP contribution in [0.3, 0.4) is 0 Å². The molecule has 1 aliphatic rings. The molecule has 0 bridgehead atoms. The van der Waals surface area contributed by atoms with E-state index in [1.54, 1.807) is 24.3 Å². The predicted octanol–water partition coefficient (Wildman–Crippen LogP) is 7.31. The van der Waals surface area contributed by atoms with Crippen LogP contribution in [-0.2, 0) is 22.2 Å². The van der Waals surface area contributed by atoms with Gasteiger partial charge in [0.2, 0.25) is 5.91 Å². The summed E-state index contributed by atoms with van der Waals surface area (Å²) in [5, 5.41) is 14.0. The fourth-order valence-electron chi connectivity index (χ4n) is 5.75. The lowest BCUT2D eigenvalue weighted by molar-refractivity contribution is -0.137. The lowest BCUT2D eigenvalue weighted by atomic mass is 9.66. The van der Waals surface area contributed by atoms with Crippen LogP contribution in [0, 0.1) is 29.0 Å². The number of hydrogen-bond donors (Lipinski definition) is 3. The first-order valence-corrected chi connectivity index (χ1v) is 15.0. The largest absolute Gasteiger partial charge is 0.481 e. The second-order valence-corrected chi connectivity index (χ2v) is 13.2. The molecule has 0 spiro atoms. The molecular formula is C31H35F4N3O4S. The maximum Gasteiger partial charge on any atom is 0.417 e. The quantitative estimate of drug-likeness (QED) is 0.217. The van der Waals surface area contributed by atoms with E-state index in [0.29, 0.717) is 35.3 Å². The maximum absolute atomic E-state index is 13.9. The summed E-state index contributed by atoms with van der Waals surface area (Å²) in [6.07, 6.45) is -1.11. The van der Waals surface area contributed by atoms with Gasteiger partial charge < -0.3 is 15.7 Å². The third kappa shape index (κ3) is 8.31. The number of amides is 2. The third-order valence-electron chi connectivity index (χ3n) is 8.19. The van der Waals surface area contributed by atoms with Crippen LogP contribution in [-0.4, -0.2) is 34.4 Å². The van der Waals surface area contributed by atoms with Crippen molar-refractivity contribution in [2.45, 2.75) is 65.5 Å². The van der Waals surface area contributed by atoms with Crippen LogP contribution in [0.1, 0.15) is 74.4 Å². The zero-order valence-electron chi connectivity index (χ0n) is 24.2. The third-order valence-corrected chi connectivity index (χ3v) is 9.21. The molecule has 0 saturated heterocycles. The summed E-state index contributed by atoms with van der Waals surface area (Å²) >= 11 is 0.664. The number of carboxylic acid groups (broad SMARTS) is 1. The van der Waals surface area contributed by atoms with Gasteiger partial charge in [-0.15, -0.1) is 0 Å². The topological polar surface area (TPSA) is 108 Å². The Kier molecular flexibility index (Phi) is 9.78. The van der Waals surface area contributed by atoms with Gasteiger partial charge in [0.15, 0.2) is 5.13 Å². The fraction of sp³-hybridized carbons (Fsp3) is 0.484. The van der Waals surface area contributed by atoms with Crippen LogP contribution >= 0.6 is 11.3 Å². The monoisotopic (exact) mass is 621 g/mol. The molecule has 2 amide bonds. The smallest absolute Gasteiger partial charge is 0.417 e. The number of nitrogens with one attached hydrogen (secondary N) is 2. The minimum absolute atomic E-state index is 0.00171. The molecule has 1 heterocycles. The minimum atomic E-state index is -4.78. The summed E-state index contributed by atoms with van der Waals surface area (Å²) in [6.45, 7) is 6.60. The molecule has 3 aromatic rings. The van der Waals surface area contributed by atoms with Crippen molar-refractivity contribution in [3.8, 4) is 0 Å².